The van der Waals surface area contributed by atoms with E-state index < -0.39 is 0 Å². The minimum absolute atomic E-state index is 0.697. The van der Waals surface area contributed by atoms with E-state index in [1.165, 1.54) is 18.7 Å². The van der Waals surface area contributed by atoms with Gasteiger partial charge in [0.1, 0.15) is 11.6 Å². The molecule has 3 rings (SSSR count). The van der Waals surface area contributed by atoms with E-state index in [1.54, 1.807) is 0 Å². The molecule has 0 aliphatic carbocycles. The summed E-state index contributed by atoms with van der Waals surface area (Å²) in [6, 6.07) is 4.01. The molecule has 1 fully saturated rings. The molecule has 1 atom stereocenters. The molecular formula is C15H20BrN3O. The number of imidazole rings is 1. The summed E-state index contributed by atoms with van der Waals surface area (Å²) in [6.45, 7) is 3.20. The maximum absolute atomic E-state index is 5.61. The van der Waals surface area contributed by atoms with Crippen molar-refractivity contribution in [3.63, 3.8) is 0 Å². The smallest absolute Gasteiger partial charge is 0.169 e. The van der Waals surface area contributed by atoms with E-state index in [2.05, 4.69) is 37.4 Å². The van der Waals surface area contributed by atoms with Crippen LogP contribution in [0, 0.1) is 5.92 Å². The van der Waals surface area contributed by atoms with E-state index in [0.717, 1.165) is 36.5 Å². The van der Waals surface area contributed by atoms with Gasteiger partial charge in [-0.2, -0.15) is 0 Å². The van der Waals surface area contributed by atoms with Gasteiger partial charge in [-0.3, -0.25) is 4.90 Å². The number of hydrogen-bond donors (Lipinski definition) is 0. The molecule has 1 unspecified atom stereocenters. The van der Waals surface area contributed by atoms with Crippen LogP contribution < -0.4 is 0 Å². The van der Waals surface area contributed by atoms with Gasteiger partial charge in [0, 0.05) is 32.4 Å². The normalized spacial score (nSPS) is 20.4. The summed E-state index contributed by atoms with van der Waals surface area (Å²) in [7, 11) is 2.07. The summed E-state index contributed by atoms with van der Waals surface area (Å²) >= 11 is 3.36. The average Bonchev–Trinajstić information content (AvgIpc) is 3.00. The predicted octanol–water partition coefficient (Wildman–Crippen LogP) is 3.23. The largest absolute Gasteiger partial charge is 0.453 e. The zero-order chi connectivity index (χ0) is 13.9. The monoisotopic (exact) mass is 337 g/mol. The summed E-state index contributed by atoms with van der Waals surface area (Å²) in [5, 5.41) is 0. The number of likely N-dealkylation sites (tertiary alicyclic amines) is 1. The molecule has 0 N–H and O–H groups in total. The van der Waals surface area contributed by atoms with E-state index in [1.807, 2.05) is 24.5 Å². The molecule has 2 aromatic heterocycles. The van der Waals surface area contributed by atoms with Crippen molar-refractivity contribution >= 4 is 15.9 Å². The Bertz CT molecular complexity index is 563. The van der Waals surface area contributed by atoms with Crippen LogP contribution in [0.5, 0.6) is 0 Å². The van der Waals surface area contributed by atoms with Crippen LogP contribution in [0.4, 0.5) is 0 Å². The number of nitrogens with zero attached hydrogens (tertiary/aromatic N) is 3. The minimum atomic E-state index is 0.697. The molecule has 108 valence electrons. The Morgan fingerprint density at radius 3 is 3.05 bits per heavy atom. The SMILES string of the molecule is Cn1ccnc1CC1CCCN(Cc2ccc(Br)o2)C1. The average molecular weight is 338 g/mol. The Labute approximate surface area is 127 Å². The molecule has 0 spiro atoms. The van der Waals surface area contributed by atoms with Crippen LogP contribution in [0.15, 0.2) is 33.6 Å². The van der Waals surface area contributed by atoms with Crippen molar-refractivity contribution in [2.45, 2.75) is 25.8 Å². The van der Waals surface area contributed by atoms with Gasteiger partial charge in [0.05, 0.1) is 6.54 Å². The second kappa shape index (κ2) is 6.14. The van der Waals surface area contributed by atoms with E-state index in [4.69, 9.17) is 4.42 Å². The molecule has 1 aliphatic rings. The standard InChI is InChI=1S/C15H20BrN3O/c1-18-8-6-17-15(18)9-12-3-2-7-19(10-12)11-13-4-5-14(16)20-13/h4-6,8,12H,2-3,7,9-11H2,1H3. The molecule has 5 heteroatoms. The summed E-state index contributed by atoms with van der Waals surface area (Å²) < 4.78 is 8.55. The van der Waals surface area contributed by atoms with Crippen molar-refractivity contribution in [1.82, 2.24) is 14.5 Å². The first kappa shape index (κ1) is 13.9. The van der Waals surface area contributed by atoms with E-state index in [0.29, 0.717) is 5.92 Å². The summed E-state index contributed by atoms with van der Waals surface area (Å²) in [5.74, 6) is 2.93. The van der Waals surface area contributed by atoms with E-state index >= 15 is 0 Å². The number of rotatable bonds is 4. The molecule has 0 saturated carbocycles. The molecule has 3 heterocycles. The maximum atomic E-state index is 5.61. The van der Waals surface area contributed by atoms with Gasteiger partial charge < -0.3 is 8.98 Å². The minimum Gasteiger partial charge on any atom is -0.453 e. The van der Waals surface area contributed by atoms with Crippen LogP contribution in [-0.2, 0) is 20.0 Å². The highest BCUT2D eigenvalue weighted by atomic mass is 79.9. The van der Waals surface area contributed by atoms with Crippen molar-refractivity contribution in [2.75, 3.05) is 13.1 Å². The molecule has 0 amide bonds. The fourth-order valence-electron chi connectivity index (χ4n) is 2.97. The third kappa shape index (κ3) is 3.33. The van der Waals surface area contributed by atoms with Crippen LogP contribution in [0.2, 0.25) is 0 Å². The van der Waals surface area contributed by atoms with Gasteiger partial charge in [-0.1, -0.05) is 0 Å². The Morgan fingerprint density at radius 1 is 1.45 bits per heavy atom. The van der Waals surface area contributed by atoms with Gasteiger partial charge in [-0.05, 0) is 53.4 Å². The van der Waals surface area contributed by atoms with Crippen LogP contribution in [0.3, 0.4) is 0 Å². The van der Waals surface area contributed by atoms with Gasteiger partial charge in [0.15, 0.2) is 4.67 Å². The lowest BCUT2D eigenvalue weighted by Gasteiger charge is -2.32. The van der Waals surface area contributed by atoms with E-state index in [-0.39, 0.29) is 0 Å². The first-order valence-corrected chi connectivity index (χ1v) is 7.93. The highest BCUT2D eigenvalue weighted by molar-refractivity contribution is 9.10. The molecule has 0 radical (unpaired) electrons. The number of hydrogen-bond acceptors (Lipinski definition) is 3. The third-order valence-electron chi connectivity index (χ3n) is 4.00. The number of aromatic nitrogens is 2. The van der Waals surface area contributed by atoms with Crippen molar-refractivity contribution < 1.29 is 4.42 Å². The summed E-state index contributed by atoms with van der Waals surface area (Å²) in [5.41, 5.74) is 0. The Balaban J connectivity index is 1.57. The molecule has 20 heavy (non-hydrogen) atoms. The van der Waals surface area contributed by atoms with Gasteiger partial charge in [-0.15, -0.1) is 0 Å². The molecule has 0 bridgehead atoms. The number of aryl methyl sites for hydroxylation is 1. The Morgan fingerprint density at radius 2 is 2.35 bits per heavy atom. The predicted molar refractivity (Wildman–Crippen MR) is 81.3 cm³/mol. The van der Waals surface area contributed by atoms with Gasteiger partial charge in [0.25, 0.3) is 0 Å². The second-order valence-electron chi connectivity index (χ2n) is 5.61. The first-order valence-electron chi connectivity index (χ1n) is 7.13. The fourth-order valence-corrected chi connectivity index (χ4v) is 3.31. The van der Waals surface area contributed by atoms with Crippen molar-refractivity contribution in [2.24, 2.45) is 13.0 Å². The lowest BCUT2D eigenvalue weighted by atomic mass is 9.94. The fraction of sp³-hybridized carbons (Fsp3) is 0.533. The van der Waals surface area contributed by atoms with Gasteiger partial charge in [-0.25, -0.2) is 4.98 Å². The van der Waals surface area contributed by atoms with Gasteiger partial charge in [0.2, 0.25) is 0 Å². The molecule has 0 aromatic carbocycles. The lowest BCUT2D eigenvalue weighted by Crippen LogP contribution is -2.35. The topological polar surface area (TPSA) is 34.2 Å². The van der Waals surface area contributed by atoms with Crippen LogP contribution >= 0.6 is 15.9 Å². The lowest BCUT2D eigenvalue weighted by molar-refractivity contribution is 0.154. The Kier molecular flexibility index (Phi) is 4.27. The second-order valence-corrected chi connectivity index (χ2v) is 6.39. The first-order chi connectivity index (χ1) is 9.70. The van der Waals surface area contributed by atoms with Crippen molar-refractivity contribution in [1.29, 1.82) is 0 Å². The quantitative estimate of drug-likeness (QED) is 0.858. The molecule has 1 aliphatic heterocycles. The highest BCUT2D eigenvalue weighted by Gasteiger charge is 2.22. The number of piperidine rings is 1. The molecule has 4 nitrogen and oxygen atoms in total. The molecular weight excluding hydrogens is 318 g/mol. The third-order valence-corrected chi connectivity index (χ3v) is 4.43. The summed E-state index contributed by atoms with van der Waals surface area (Å²) in [4.78, 5) is 6.93. The zero-order valence-corrected chi connectivity index (χ0v) is 13.3. The number of halogens is 1. The summed E-state index contributed by atoms with van der Waals surface area (Å²) in [6.07, 6.45) is 7.54. The van der Waals surface area contributed by atoms with Crippen LogP contribution in [-0.4, -0.2) is 27.5 Å². The zero-order valence-electron chi connectivity index (χ0n) is 11.8. The maximum Gasteiger partial charge on any atom is 0.169 e. The molecule has 1 saturated heterocycles. The Hall–Kier alpha value is -1.07. The van der Waals surface area contributed by atoms with Gasteiger partial charge >= 0.3 is 0 Å². The molecule has 2 aromatic rings. The van der Waals surface area contributed by atoms with Crippen molar-refractivity contribution in [3.05, 3.63) is 40.8 Å². The van der Waals surface area contributed by atoms with Crippen LogP contribution in [0.25, 0.3) is 0 Å². The highest BCUT2D eigenvalue weighted by Crippen LogP contribution is 2.23. The number of furan rings is 1. The van der Waals surface area contributed by atoms with E-state index in [9.17, 15) is 0 Å². The van der Waals surface area contributed by atoms with Crippen LogP contribution in [0.1, 0.15) is 24.4 Å². The van der Waals surface area contributed by atoms with Crippen molar-refractivity contribution in [3.8, 4) is 0 Å².